The Morgan fingerprint density at radius 1 is 1.39 bits per heavy atom. The van der Waals surface area contributed by atoms with Gasteiger partial charge in [-0.15, -0.1) is 11.3 Å². The maximum absolute atomic E-state index is 9.05. The molecule has 1 fully saturated rings. The summed E-state index contributed by atoms with van der Waals surface area (Å²) in [5, 5.41) is 14.7. The zero-order chi connectivity index (χ0) is 16.1. The minimum atomic E-state index is -0.0521. The molecule has 2 aromatic rings. The third kappa shape index (κ3) is 4.43. The molecule has 0 saturated carbocycles. The quantitative estimate of drug-likeness (QED) is 0.813. The Balaban J connectivity index is 1.60. The van der Waals surface area contributed by atoms with Crippen molar-refractivity contribution in [1.29, 1.82) is 0 Å². The Hall–Kier alpha value is -1.18. The van der Waals surface area contributed by atoms with E-state index in [-0.39, 0.29) is 12.7 Å². The summed E-state index contributed by atoms with van der Waals surface area (Å²) >= 11 is 1.80. The van der Waals surface area contributed by atoms with E-state index in [1.807, 2.05) is 12.1 Å². The highest BCUT2D eigenvalue weighted by Crippen LogP contribution is 2.26. The molecule has 2 aromatic heterocycles. The number of furan rings is 1. The first kappa shape index (κ1) is 16.7. The zero-order valence-corrected chi connectivity index (χ0v) is 14.2. The van der Waals surface area contributed by atoms with Crippen LogP contribution in [0.1, 0.15) is 29.4 Å². The van der Waals surface area contributed by atoms with E-state index >= 15 is 0 Å². The summed E-state index contributed by atoms with van der Waals surface area (Å²) in [7, 11) is 0. The highest BCUT2D eigenvalue weighted by Gasteiger charge is 2.26. The van der Waals surface area contributed by atoms with Crippen LogP contribution in [-0.4, -0.2) is 42.4 Å². The normalized spacial score (nSPS) is 20.7. The monoisotopic (exact) mass is 336 g/mol. The number of aliphatic hydroxyl groups is 1. The summed E-state index contributed by atoms with van der Waals surface area (Å²) in [6, 6.07) is 8.39. The number of morpholine rings is 1. The fourth-order valence-corrected chi connectivity index (χ4v) is 3.81. The molecule has 1 aliphatic rings. The number of ether oxygens (including phenoxy) is 1. The van der Waals surface area contributed by atoms with Gasteiger partial charge in [-0.05, 0) is 30.5 Å². The molecule has 0 aliphatic carbocycles. The maximum atomic E-state index is 9.05. The molecule has 3 heterocycles. The van der Waals surface area contributed by atoms with Gasteiger partial charge in [0.1, 0.15) is 18.1 Å². The summed E-state index contributed by atoms with van der Waals surface area (Å²) < 4.78 is 11.2. The first-order chi connectivity index (χ1) is 11.3. The van der Waals surface area contributed by atoms with E-state index in [4.69, 9.17) is 14.3 Å². The van der Waals surface area contributed by atoms with Crippen molar-refractivity contribution in [3.05, 3.63) is 46.0 Å². The van der Waals surface area contributed by atoms with Gasteiger partial charge >= 0.3 is 0 Å². The third-order valence-corrected chi connectivity index (χ3v) is 5.07. The molecule has 0 aromatic carbocycles. The van der Waals surface area contributed by atoms with Crippen LogP contribution in [0.25, 0.3) is 0 Å². The van der Waals surface area contributed by atoms with Gasteiger partial charge < -0.3 is 19.6 Å². The van der Waals surface area contributed by atoms with E-state index < -0.39 is 0 Å². The van der Waals surface area contributed by atoms with Crippen LogP contribution in [0.5, 0.6) is 0 Å². The lowest BCUT2D eigenvalue weighted by Gasteiger charge is -2.37. The van der Waals surface area contributed by atoms with Crippen molar-refractivity contribution in [2.24, 2.45) is 0 Å². The van der Waals surface area contributed by atoms with Crippen molar-refractivity contribution in [3.63, 3.8) is 0 Å². The minimum absolute atomic E-state index is 0.0521. The molecule has 1 aliphatic heterocycles. The topological polar surface area (TPSA) is 57.9 Å². The Morgan fingerprint density at radius 3 is 2.96 bits per heavy atom. The molecule has 23 heavy (non-hydrogen) atoms. The molecule has 0 radical (unpaired) electrons. The lowest BCUT2D eigenvalue weighted by atomic mass is 10.1. The lowest BCUT2D eigenvalue weighted by molar-refractivity contribution is -0.0340. The molecule has 0 spiro atoms. The average Bonchev–Trinajstić information content (AvgIpc) is 3.23. The summed E-state index contributed by atoms with van der Waals surface area (Å²) in [6.45, 7) is 6.32. The number of hydrogen-bond acceptors (Lipinski definition) is 6. The first-order valence-electron chi connectivity index (χ1n) is 8.04. The van der Waals surface area contributed by atoms with Gasteiger partial charge in [0.15, 0.2) is 0 Å². The van der Waals surface area contributed by atoms with Crippen molar-refractivity contribution in [3.8, 4) is 0 Å². The van der Waals surface area contributed by atoms with Crippen LogP contribution >= 0.6 is 11.3 Å². The van der Waals surface area contributed by atoms with Crippen molar-refractivity contribution < 1.29 is 14.3 Å². The van der Waals surface area contributed by atoms with E-state index in [0.29, 0.717) is 18.3 Å². The van der Waals surface area contributed by atoms with Crippen LogP contribution in [0.3, 0.4) is 0 Å². The molecule has 1 saturated heterocycles. The van der Waals surface area contributed by atoms with Gasteiger partial charge in [-0.1, -0.05) is 6.07 Å². The van der Waals surface area contributed by atoms with Crippen LogP contribution in [-0.2, 0) is 17.9 Å². The largest absolute Gasteiger partial charge is 0.462 e. The van der Waals surface area contributed by atoms with Gasteiger partial charge in [-0.3, -0.25) is 4.90 Å². The van der Waals surface area contributed by atoms with E-state index in [1.54, 1.807) is 11.3 Å². The summed E-state index contributed by atoms with van der Waals surface area (Å²) in [5.74, 6) is 1.47. The van der Waals surface area contributed by atoms with Crippen LogP contribution in [0.15, 0.2) is 34.1 Å². The number of rotatable bonds is 7. The molecular formula is C17H24N2O3S. The van der Waals surface area contributed by atoms with E-state index in [9.17, 15) is 0 Å². The molecule has 2 atom stereocenters. The molecule has 2 N–H and O–H groups in total. The zero-order valence-electron chi connectivity index (χ0n) is 13.4. The molecule has 0 amide bonds. The maximum Gasteiger partial charge on any atom is 0.129 e. The fourth-order valence-electron chi connectivity index (χ4n) is 2.95. The Bertz CT molecular complexity index is 584. The second kappa shape index (κ2) is 8.08. The first-order valence-corrected chi connectivity index (χ1v) is 8.92. The molecule has 6 heteroatoms. The van der Waals surface area contributed by atoms with Crippen LogP contribution in [0.4, 0.5) is 0 Å². The predicted octanol–water partition coefficient (Wildman–Crippen LogP) is 2.39. The fraction of sp³-hybridized carbons (Fsp3) is 0.529. The minimum Gasteiger partial charge on any atom is -0.462 e. The van der Waals surface area contributed by atoms with E-state index in [1.165, 1.54) is 4.88 Å². The Labute approximate surface area is 140 Å². The third-order valence-electron chi connectivity index (χ3n) is 4.09. The smallest absolute Gasteiger partial charge is 0.129 e. The molecule has 0 bridgehead atoms. The second-order valence-electron chi connectivity index (χ2n) is 5.86. The summed E-state index contributed by atoms with van der Waals surface area (Å²) in [4.78, 5) is 3.87. The SMILES string of the molecule is CC1CN(C(CNCc2ccc(CO)o2)c2cccs2)CCO1. The molecule has 5 nitrogen and oxygen atoms in total. The Morgan fingerprint density at radius 2 is 2.26 bits per heavy atom. The number of nitrogens with one attached hydrogen (secondary N) is 1. The molecule has 3 rings (SSSR count). The van der Waals surface area contributed by atoms with E-state index in [2.05, 4.69) is 34.7 Å². The number of hydrogen-bond donors (Lipinski definition) is 2. The number of thiophene rings is 1. The van der Waals surface area contributed by atoms with Gasteiger partial charge in [-0.2, -0.15) is 0 Å². The Kier molecular flexibility index (Phi) is 5.85. The lowest BCUT2D eigenvalue weighted by Crippen LogP contribution is -2.45. The van der Waals surface area contributed by atoms with Gasteiger partial charge in [0.25, 0.3) is 0 Å². The van der Waals surface area contributed by atoms with Crippen LogP contribution in [0.2, 0.25) is 0 Å². The average molecular weight is 336 g/mol. The van der Waals surface area contributed by atoms with Crippen molar-refractivity contribution in [1.82, 2.24) is 10.2 Å². The van der Waals surface area contributed by atoms with Crippen molar-refractivity contribution in [2.75, 3.05) is 26.2 Å². The number of nitrogens with zero attached hydrogens (tertiary/aromatic N) is 1. The van der Waals surface area contributed by atoms with Gasteiger partial charge in [0.05, 0.1) is 25.3 Å². The highest BCUT2D eigenvalue weighted by molar-refractivity contribution is 7.10. The number of aliphatic hydroxyl groups excluding tert-OH is 1. The predicted molar refractivity (Wildman–Crippen MR) is 90.4 cm³/mol. The van der Waals surface area contributed by atoms with Crippen molar-refractivity contribution >= 4 is 11.3 Å². The molecular weight excluding hydrogens is 312 g/mol. The van der Waals surface area contributed by atoms with Crippen molar-refractivity contribution in [2.45, 2.75) is 32.2 Å². The molecule has 2 unspecified atom stereocenters. The van der Waals surface area contributed by atoms with Gasteiger partial charge in [0.2, 0.25) is 0 Å². The summed E-state index contributed by atoms with van der Waals surface area (Å²) in [5.41, 5.74) is 0. The highest BCUT2D eigenvalue weighted by atomic mass is 32.1. The summed E-state index contributed by atoms with van der Waals surface area (Å²) in [6.07, 6.45) is 0.281. The van der Waals surface area contributed by atoms with E-state index in [0.717, 1.165) is 32.0 Å². The van der Waals surface area contributed by atoms with Crippen LogP contribution in [0, 0.1) is 0 Å². The van der Waals surface area contributed by atoms with Crippen LogP contribution < -0.4 is 5.32 Å². The standard InChI is InChI=1S/C17H24N2O3S/c1-13-11-19(6-7-21-13)16(17-3-2-8-23-17)10-18-9-14-4-5-15(12-20)22-14/h2-5,8,13,16,18,20H,6-7,9-12H2,1H3. The van der Waals surface area contributed by atoms with Gasteiger partial charge in [-0.25, -0.2) is 0 Å². The van der Waals surface area contributed by atoms with Gasteiger partial charge in [0, 0.05) is 24.5 Å². The molecule has 126 valence electrons. The second-order valence-corrected chi connectivity index (χ2v) is 6.84.